The van der Waals surface area contributed by atoms with E-state index in [9.17, 15) is 14.4 Å². The first-order valence-electron chi connectivity index (χ1n) is 8.71. The van der Waals surface area contributed by atoms with Crippen molar-refractivity contribution >= 4 is 23.5 Å². The molecule has 0 spiro atoms. The topological polar surface area (TPSA) is 81.7 Å². The molecule has 0 aliphatic heterocycles. The number of esters is 2. The van der Waals surface area contributed by atoms with Crippen molar-refractivity contribution in [3.8, 4) is 0 Å². The normalized spacial score (nSPS) is 14.8. The fourth-order valence-corrected chi connectivity index (χ4v) is 3.47. The summed E-state index contributed by atoms with van der Waals surface area (Å²) in [5.74, 6) is -1.34. The van der Waals surface area contributed by atoms with Gasteiger partial charge in [-0.25, -0.2) is 9.59 Å². The number of amides is 1. The minimum Gasteiger partial charge on any atom is -0.465 e. The first kappa shape index (κ1) is 19.9. The van der Waals surface area contributed by atoms with Gasteiger partial charge < -0.3 is 19.3 Å². The van der Waals surface area contributed by atoms with Gasteiger partial charge in [0.2, 0.25) is 0 Å². The third-order valence-electron chi connectivity index (χ3n) is 4.98. The molecule has 0 unspecified atom stereocenters. The van der Waals surface area contributed by atoms with Crippen molar-refractivity contribution in [1.82, 2.24) is 0 Å². The number of quaternary nitrogens is 1. The van der Waals surface area contributed by atoms with Crippen LogP contribution < -0.4 is 5.32 Å². The van der Waals surface area contributed by atoms with Crippen LogP contribution in [0.3, 0.4) is 0 Å². The Bertz CT molecular complexity index is 693. The lowest BCUT2D eigenvalue weighted by Gasteiger charge is -2.35. The average molecular weight is 363 g/mol. The van der Waals surface area contributed by atoms with Crippen LogP contribution in [0.5, 0.6) is 0 Å². The van der Waals surface area contributed by atoms with Crippen LogP contribution >= 0.6 is 0 Å². The number of hydrogen-bond donors (Lipinski definition) is 1. The van der Waals surface area contributed by atoms with Gasteiger partial charge in [0.15, 0.2) is 6.54 Å². The Hall–Kier alpha value is -2.41. The molecule has 0 radical (unpaired) electrons. The molecule has 2 rings (SSSR count). The smallest absolute Gasteiger partial charge is 0.339 e. The van der Waals surface area contributed by atoms with E-state index in [1.165, 1.54) is 45.3 Å². The number of rotatable bonds is 6. The standard InChI is InChI=1S/C19H26N2O5/c1-21(2,14-7-5-6-8-14)12-17(22)20-16-11-13(18(23)25-3)9-10-15(16)19(24)26-4/h9-11,14H,5-8,12H2,1-4H3/p+1. The molecular formula is C19H27N2O5+. The van der Waals surface area contributed by atoms with Gasteiger partial charge in [0.05, 0.1) is 51.2 Å². The molecule has 0 bridgehead atoms. The first-order chi connectivity index (χ1) is 12.3. The predicted octanol–water partition coefficient (Wildman–Crippen LogP) is 2.22. The molecule has 1 aliphatic carbocycles. The number of hydrogen-bond acceptors (Lipinski definition) is 5. The Morgan fingerprint density at radius 2 is 1.69 bits per heavy atom. The van der Waals surface area contributed by atoms with Crippen molar-refractivity contribution in [3.63, 3.8) is 0 Å². The minimum absolute atomic E-state index is 0.194. The van der Waals surface area contributed by atoms with Crippen LogP contribution in [-0.2, 0) is 14.3 Å². The van der Waals surface area contributed by atoms with E-state index in [0.29, 0.717) is 10.5 Å². The SMILES string of the molecule is COC(=O)c1ccc(C(=O)OC)c(NC(=O)C[N+](C)(C)C2CCCC2)c1. The monoisotopic (exact) mass is 363 g/mol. The molecule has 26 heavy (non-hydrogen) atoms. The van der Waals surface area contributed by atoms with Gasteiger partial charge >= 0.3 is 11.9 Å². The lowest BCUT2D eigenvalue weighted by atomic mass is 10.1. The quantitative estimate of drug-likeness (QED) is 0.619. The lowest BCUT2D eigenvalue weighted by Crippen LogP contribution is -2.51. The van der Waals surface area contributed by atoms with Gasteiger partial charge in [0.1, 0.15) is 0 Å². The molecule has 0 saturated heterocycles. The highest BCUT2D eigenvalue weighted by Crippen LogP contribution is 2.27. The second-order valence-electron chi connectivity index (χ2n) is 7.17. The van der Waals surface area contributed by atoms with E-state index in [-0.39, 0.29) is 29.3 Å². The second-order valence-corrected chi connectivity index (χ2v) is 7.17. The Morgan fingerprint density at radius 3 is 2.27 bits per heavy atom. The van der Waals surface area contributed by atoms with Crippen molar-refractivity contribution in [2.45, 2.75) is 31.7 Å². The molecule has 0 atom stereocenters. The van der Waals surface area contributed by atoms with Crippen molar-refractivity contribution < 1.29 is 28.3 Å². The highest BCUT2D eigenvalue weighted by atomic mass is 16.5. The predicted molar refractivity (Wildman–Crippen MR) is 97.0 cm³/mol. The molecular weight excluding hydrogens is 336 g/mol. The van der Waals surface area contributed by atoms with Crippen molar-refractivity contribution in [2.75, 3.05) is 40.2 Å². The van der Waals surface area contributed by atoms with Crippen LogP contribution in [0.4, 0.5) is 5.69 Å². The molecule has 0 aromatic heterocycles. The maximum atomic E-state index is 12.6. The number of likely N-dealkylation sites (N-methyl/N-ethyl adjacent to an activating group) is 1. The summed E-state index contributed by atoms with van der Waals surface area (Å²) in [6.07, 6.45) is 4.63. The summed E-state index contributed by atoms with van der Waals surface area (Å²) in [5, 5.41) is 2.76. The number of carbonyl (C=O) groups excluding carboxylic acids is 3. The van der Waals surface area contributed by atoms with E-state index in [1.54, 1.807) is 0 Å². The van der Waals surface area contributed by atoms with Crippen LogP contribution in [-0.4, -0.2) is 63.2 Å². The van der Waals surface area contributed by atoms with Crippen molar-refractivity contribution in [1.29, 1.82) is 0 Å². The zero-order valence-electron chi connectivity index (χ0n) is 15.8. The zero-order valence-corrected chi connectivity index (χ0v) is 15.8. The van der Waals surface area contributed by atoms with Gasteiger partial charge in [-0.1, -0.05) is 0 Å². The van der Waals surface area contributed by atoms with E-state index in [2.05, 4.69) is 5.32 Å². The third kappa shape index (κ3) is 4.60. The van der Waals surface area contributed by atoms with Gasteiger partial charge in [0.25, 0.3) is 5.91 Å². The number of methoxy groups -OCH3 is 2. The second kappa shape index (κ2) is 8.31. The highest BCUT2D eigenvalue weighted by molar-refractivity contribution is 6.03. The molecule has 0 heterocycles. The van der Waals surface area contributed by atoms with Gasteiger partial charge in [-0.2, -0.15) is 0 Å². The fourth-order valence-electron chi connectivity index (χ4n) is 3.47. The molecule has 1 amide bonds. The van der Waals surface area contributed by atoms with Crippen LogP contribution in [0.2, 0.25) is 0 Å². The molecule has 1 aromatic carbocycles. The van der Waals surface area contributed by atoms with Crippen molar-refractivity contribution in [3.05, 3.63) is 29.3 Å². The zero-order chi connectivity index (χ0) is 19.3. The Morgan fingerprint density at radius 1 is 1.08 bits per heavy atom. The third-order valence-corrected chi connectivity index (χ3v) is 4.98. The molecule has 1 fully saturated rings. The summed E-state index contributed by atoms with van der Waals surface area (Å²) in [6.45, 7) is 0.285. The number of carbonyl (C=O) groups is 3. The number of benzene rings is 1. The average Bonchev–Trinajstić information content (AvgIpc) is 3.15. The maximum Gasteiger partial charge on any atom is 0.339 e. The molecule has 1 saturated carbocycles. The fraction of sp³-hybridized carbons (Fsp3) is 0.526. The van der Waals surface area contributed by atoms with Gasteiger partial charge in [-0.3, -0.25) is 4.79 Å². The summed E-state index contributed by atoms with van der Waals surface area (Å²) in [7, 11) is 6.63. The number of anilines is 1. The van der Waals surface area contributed by atoms with E-state index in [4.69, 9.17) is 9.47 Å². The molecule has 1 aromatic rings. The summed E-state index contributed by atoms with van der Waals surface area (Å²) in [6, 6.07) is 4.81. The molecule has 7 heteroatoms. The Kier molecular flexibility index (Phi) is 6.37. The first-order valence-corrected chi connectivity index (χ1v) is 8.71. The van der Waals surface area contributed by atoms with Crippen LogP contribution in [0, 0.1) is 0 Å². The van der Waals surface area contributed by atoms with Gasteiger partial charge in [0, 0.05) is 0 Å². The summed E-state index contributed by atoms with van der Waals surface area (Å²) >= 11 is 0. The van der Waals surface area contributed by atoms with Crippen LogP contribution in [0.15, 0.2) is 18.2 Å². The summed E-state index contributed by atoms with van der Waals surface area (Å²) in [4.78, 5) is 36.3. The van der Waals surface area contributed by atoms with Gasteiger partial charge in [-0.15, -0.1) is 0 Å². The number of ether oxygens (including phenoxy) is 2. The molecule has 7 nitrogen and oxygen atoms in total. The van der Waals surface area contributed by atoms with Crippen molar-refractivity contribution in [2.24, 2.45) is 0 Å². The summed E-state index contributed by atoms with van der Waals surface area (Å²) < 4.78 is 10.1. The lowest BCUT2D eigenvalue weighted by molar-refractivity contribution is -0.906. The van der Waals surface area contributed by atoms with Gasteiger partial charge in [-0.05, 0) is 43.9 Å². The minimum atomic E-state index is -0.582. The van der Waals surface area contributed by atoms with E-state index in [0.717, 1.165) is 12.8 Å². The van der Waals surface area contributed by atoms with E-state index < -0.39 is 11.9 Å². The maximum absolute atomic E-state index is 12.6. The molecule has 142 valence electrons. The molecule has 1 N–H and O–H groups in total. The Labute approximate surface area is 153 Å². The van der Waals surface area contributed by atoms with E-state index >= 15 is 0 Å². The van der Waals surface area contributed by atoms with Crippen LogP contribution in [0.1, 0.15) is 46.4 Å². The largest absolute Gasteiger partial charge is 0.465 e. The van der Waals surface area contributed by atoms with Crippen LogP contribution in [0.25, 0.3) is 0 Å². The highest BCUT2D eigenvalue weighted by Gasteiger charge is 2.33. The molecule has 1 aliphatic rings. The Balaban J connectivity index is 2.20. The number of nitrogens with one attached hydrogen (secondary N) is 1. The number of nitrogens with zero attached hydrogens (tertiary/aromatic N) is 1. The summed E-state index contributed by atoms with van der Waals surface area (Å²) in [5.41, 5.74) is 0.691. The van der Waals surface area contributed by atoms with E-state index in [1.807, 2.05) is 14.1 Å².